The molecule has 0 saturated carbocycles. The third-order valence-corrected chi connectivity index (χ3v) is 5.57. The highest BCUT2D eigenvalue weighted by molar-refractivity contribution is 8.13. The Hall–Kier alpha value is -2.51. The van der Waals surface area contributed by atoms with Crippen LogP contribution in [0.25, 0.3) is 10.9 Å². The lowest BCUT2D eigenvalue weighted by Crippen LogP contribution is -2.29. The lowest BCUT2D eigenvalue weighted by atomic mass is 9.89. The van der Waals surface area contributed by atoms with Gasteiger partial charge in [-0.15, -0.1) is 12.4 Å². The van der Waals surface area contributed by atoms with Gasteiger partial charge in [0.1, 0.15) is 11.5 Å². The zero-order valence-corrected chi connectivity index (χ0v) is 16.8. The first-order valence-electron chi connectivity index (χ1n) is 8.62. The Balaban J connectivity index is 0.00000225. The monoisotopic (exact) mass is 418 g/mol. The van der Waals surface area contributed by atoms with Crippen molar-refractivity contribution in [2.24, 2.45) is 10.7 Å². The predicted octanol–water partition coefficient (Wildman–Crippen LogP) is 4.65. The van der Waals surface area contributed by atoms with Crippen LogP contribution >= 0.6 is 24.2 Å². The van der Waals surface area contributed by atoms with E-state index < -0.39 is 5.54 Å². The fraction of sp³-hybridized carbons (Fsp3) is 0.200. The average Bonchev–Trinajstić information content (AvgIpc) is 3.07. The number of thioether (sulfide) groups is 1. The third-order valence-electron chi connectivity index (χ3n) is 4.77. The number of halogens is 2. The summed E-state index contributed by atoms with van der Waals surface area (Å²) in [6.45, 7) is 1.86. The van der Waals surface area contributed by atoms with Crippen molar-refractivity contribution in [3.8, 4) is 0 Å². The van der Waals surface area contributed by atoms with Crippen LogP contribution in [0, 0.1) is 5.82 Å². The zero-order chi connectivity index (χ0) is 19.0. The van der Waals surface area contributed by atoms with E-state index in [0.717, 1.165) is 16.7 Å². The number of fused-ring (bicyclic) bond motifs is 1. The molecule has 5 nitrogen and oxygen atoms in total. The van der Waals surface area contributed by atoms with Crippen LogP contribution in [0.1, 0.15) is 29.4 Å². The maximum atomic E-state index is 14.5. The first kappa shape index (κ1) is 20.2. The van der Waals surface area contributed by atoms with Crippen molar-refractivity contribution in [1.29, 1.82) is 0 Å². The van der Waals surface area contributed by atoms with Crippen molar-refractivity contribution >= 4 is 51.8 Å². The van der Waals surface area contributed by atoms with Crippen molar-refractivity contribution in [3.05, 3.63) is 65.6 Å². The fourth-order valence-corrected chi connectivity index (χ4v) is 4.27. The number of benzene rings is 2. The summed E-state index contributed by atoms with van der Waals surface area (Å²) in [6, 6.07) is 14.0. The van der Waals surface area contributed by atoms with Crippen LogP contribution in [-0.2, 0) is 5.54 Å². The molecule has 8 heteroatoms. The minimum absolute atomic E-state index is 0. The van der Waals surface area contributed by atoms with E-state index in [2.05, 4.69) is 15.3 Å². The fourth-order valence-electron chi connectivity index (χ4n) is 3.29. The second-order valence-electron chi connectivity index (χ2n) is 6.74. The van der Waals surface area contributed by atoms with E-state index >= 15 is 0 Å². The van der Waals surface area contributed by atoms with Crippen LogP contribution in [-0.4, -0.2) is 21.8 Å². The Labute approximate surface area is 172 Å². The Morgan fingerprint density at radius 1 is 1.29 bits per heavy atom. The summed E-state index contributed by atoms with van der Waals surface area (Å²) in [5, 5.41) is 4.24. The largest absolute Gasteiger partial charge is 0.379 e. The van der Waals surface area contributed by atoms with Crippen LogP contribution in [0.5, 0.6) is 0 Å². The highest BCUT2D eigenvalue weighted by Gasteiger charge is 2.32. The molecule has 0 spiro atoms. The first-order valence-corrected chi connectivity index (χ1v) is 9.60. The number of H-pyrrole nitrogens is 1. The first-order chi connectivity index (χ1) is 12.9. The van der Waals surface area contributed by atoms with Crippen LogP contribution in [0.3, 0.4) is 0 Å². The van der Waals surface area contributed by atoms with E-state index in [1.54, 1.807) is 18.2 Å². The van der Waals surface area contributed by atoms with Gasteiger partial charge in [-0.25, -0.2) is 4.39 Å². The quantitative estimate of drug-likeness (QED) is 0.579. The van der Waals surface area contributed by atoms with E-state index in [1.165, 1.54) is 17.8 Å². The number of nitrogens with zero attached hydrogens (tertiary/aromatic N) is 1. The number of rotatable bonds is 3. The average molecular weight is 419 g/mol. The molecule has 3 aromatic rings. The number of nitrogens with two attached hydrogens (primary N) is 1. The lowest BCUT2D eigenvalue weighted by molar-refractivity contribution is 0.102. The number of anilines is 1. The van der Waals surface area contributed by atoms with Gasteiger partial charge in [0, 0.05) is 27.9 Å². The summed E-state index contributed by atoms with van der Waals surface area (Å²) in [7, 11) is 0. The standard InChI is InChI=1S/C20H19FN4OS.ClH/c1-20(8-9-27-19(22)25-20)14-11-13(6-7-15(14)21)23-18(26)17-10-12-4-2-3-5-16(12)24-17;/h2-7,10-11,24H,8-9H2,1H3,(H2,22,25)(H,23,26);1H/t20-;/m0./s1. The molecule has 1 aromatic heterocycles. The number of aromatic nitrogens is 1. The lowest BCUT2D eigenvalue weighted by Gasteiger charge is -2.30. The van der Waals surface area contributed by atoms with Gasteiger partial charge in [0.25, 0.3) is 5.91 Å². The molecular formula is C20H20ClFN4OS. The topological polar surface area (TPSA) is 83.3 Å². The highest BCUT2D eigenvalue weighted by atomic mass is 35.5. The van der Waals surface area contributed by atoms with Gasteiger partial charge < -0.3 is 16.0 Å². The summed E-state index contributed by atoms with van der Waals surface area (Å²) < 4.78 is 14.5. The molecule has 2 heterocycles. The minimum atomic E-state index is -0.735. The molecule has 0 radical (unpaired) electrons. The summed E-state index contributed by atoms with van der Waals surface area (Å²) in [4.78, 5) is 20.1. The van der Waals surface area contributed by atoms with Crippen molar-refractivity contribution in [2.45, 2.75) is 18.9 Å². The van der Waals surface area contributed by atoms with Crippen LogP contribution in [0.15, 0.2) is 53.5 Å². The number of carbonyl (C=O) groups excluding carboxylic acids is 1. The summed E-state index contributed by atoms with van der Waals surface area (Å²) in [6.07, 6.45) is 0.675. The second-order valence-corrected chi connectivity index (χ2v) is 7.86. The Morgan fingerprint density at radius 3 is 2.82 bits per heavy atom. The molecule has 28 heavy (non-hydrogen) atoms. The van der Waals surface area contributed by atoms with E-state index in [9.17, 15) is 9.18 Å². The number of para-hydroxylation sites is 1. The SMILES string of the molecule is C[C@@]1(c2cc(NC(=O)c3cc4ccccc4[nH]3)ccc2F)CCSC(N)=N1.Cl. The van der Waals surface area contributed by atoms with Gasteiger partial charge in [0.2, 0.25) is 0 Å². The van der Waals surface area contributed by atoms with Crippen molar-refractivity contribution in [3.63, 3.8) is 0 Å². The molecule has 0 aliphatic carbocycles. The van der Waals surface area contributed by atoms with Crippen molar-refractivity contribution < 1.29 is 9.18 Å². The number of aliphatic imine (C=N–C) groups is 1. The summed E-state index contributed by atoms with van der Waals surface area (Å²) in [5.74, 6) is 0.136. The molecule has 1 aliphatic heterocycles. The van der Waals surface area contributed by atoms with Gasteiger partial charge in [-0.2, -0.15) is 0 Å². The number of hydrogen-bond acceptors (Lipinski definition) is 4. The van der Waals surface area contributed by atoms with Crippen LogP contribution in [0.2, 0.25) is 0 Å². The molecule has 0 unspecified atom stereocenters. The number of amidine groups is 1. The van der Waals surface area contributed by atoms with Gasteiger partial charge in [0.05, 0.1) is 5.54 Å². The van der Waals surface area contributed by atoms with Crippen molar-refractivity contribution in [2.75, 3.05) is 11.1 Å². The molecule has 1 atom stereocenters. The van der Waals surface area contributed by atoms with E-state index in [4.69, 9.17) is 5.73 Å². The van der Waals surface area contributed by atoms with E-state index in [-0.39, 0.29) is 24.1 Å². The molecule has 1 aliphatic rings. The smallest absolute Gasteiger partial charge is 0.272 e. The molecule has 4 rings (SSSR count). The second kappa shape index (κ2) is 7.85. The summed E-state index contributed by atoms with van der Waals surface area (Å²) in [5.41, 5.74) is 7.40. The van der Waals surface area contributed by atoms with Gasteiger partial charge in [-0.1, -0.05) is 30.0 Å². The number of amides is 1. The highest BCUT2D eigenvalue weighted by Crippen LogP contribution is 2.37. The molecule has 146 valence electrons. The minimum Gasteiger partial charge on any atom is -0.379 e. The molecule has 2 aromatic carbocycles. The molecule has 0 bridgehead atoms. The summed E-state index contributed by atoms with van der Waals surface area (Å²) >= 11 is 1.47. The Morgan fingerprint density at radius 2 is 2.07 bits per heavy atom. The predicted molar refractivity (Wildman–Crippen MR) is 116 cm³/mol. The molecular weight excluding hydrogens is 399 g/mol. The molecule has 0 saturated heterocycles. The van der Waals surface area contributed by atoms with Gasteiger partial charge in [-0.05, 0) is 43.7 Å². The maximum absolute atomic E-state index is 14.5. The number of nitrogens with one attached hydrogen (secondary N) is 2. The van der Waals surface area contributed by atoms with Crippen molar-refractivity contribution in [1.82, 2.24) is 4.98 Å². The van der Waals surface area contributed by atoms with E-state index in [0.29, 0.717) is 28.5 Å². The Bertz CT molecular complexity index is 1030. The van der Waals surface area contributed by atoms with Gasteiger partial charge in [-0.3, -0.25) is 9.79 Å². The maximum Gasteiger partial charge on any atom is 0.272 e. The van der Waals surface area contributed by atoms with Gasteiger partial charge >= 0.3 is 0 Å². The Kier molecular flexibility index (Phi) is 5.67. The van der Waals surface area contributed by atoms with Crippen LogP contribution in [0.4, 0.5) is 10.1 Å². The number of aromatic amines is 1. The van der Waals surface area contributed by atoms with Crippen LogP contribution < -0.4 is 11.1 Å². The number of hydrogen-bond donors (Lipinski definition) is 3. The molecule has 0 fully saturated rings. The normalized spacial score (nSPS) is 19.0. The zero-order valence-electron chi connectivity index (χ0n) is 15.2. The third kappa shape index (κ3) is 3.86. The van der Waals surface area contributed by atoms with Gasteiger partial charge in [0.15, 0.2) is 5.17 Å². The molecule has 1 amide bonds. The number of carbonyl (C=O) groups is 1. The molecule has 4 N–H and O–H groups in total. The van der Waals surface area contributed by atoms with E-state index in [1.807, 2.05) is 31.2 Å².